The molecule has 1 aliphatic heterocycles. The minimum Gasteiger partial charge on any atom is -0.460 e. The van der Waals surface area contributed by atoms with Gasteiger partial charge in [-0.3, -0.25) is 9.59 Å². The summed E-state index contributed by atoms with van der Waals surface area (Å²) in [4.78, 5) is 34.4. The minimum atomic E-state index is -1.29. The molecule has 128 valence electrons. The lowest BCUT2D eigenvalue weighted by Gasteiger charge is -2.28. The molecule has 1 rings (SSSR count). The number of ether oxygens (including phenoxy) is 3. The minimum absolute atomic E-state index is 0.0251. The number of hydrogen-bond acceptors (Lipinski definition) is 7. The molecule has 0 aromatic heterocycles. The van der Waals surface area contributed by atoms with E-state index < -0.39 is 42.3 Å². The quantitative estimate of drug-likeness (QED) is 0.358. The highest BCUT2D eigenvalue weighted by molar-refractivity contribution is 5.82. The number of carbonyl (C=O) groups is 3. The predicted octanol–water partition coefficient (Wildman–Crippen LogP) is 1.05. The molecule has 0 radical (unpaired) electrons. The molecule has 23 heavy (non-hydrogen) atoms. The number of esters is 3. The second-order valence-corrected chi connectivity index (χ2v) is 5.16. The van der Waals surface area contributed by atoms with Crippen LogP contribution >= 0.6 is 0 Å². The maximum Gasteiger partial charge on any atom is 0.331 e. The lowest BCUT2D eigenvalue weighted by atomic mass is 10.0. The maximum atomic E-state index is 11.6. The summed E-state index contributed by atoms with van der Waals surface area (Å²) in [5, 5.41) is 10.4. The second-order valence-electron chi connectivity index (χ2n) is 5.16. The topological polar surface area (TPSA) is 99.1 Å². The third-order valence-corrected chi connectivity index (χ3v) is 3.11. The van der Waals surface area contributed by atoms with Crippen molar-refractivity contribution in [3.63, 3.8) is 0 Å². The smallest absolute Gasteiger partial charge is 0.331 e. The van der Waals surface area contributed by atoms with Gasteiger partial charge < -0.3 is 19.3 Å². The van der Waals surface area contributed by atoms with E-state index in [4.69, 9.17) is 14.2 Å². The predicted molar refractivity (Wildman–Crippen MR) is 80.2 cm³/mol. The summed E-state index contributed by atoms with van der Waals surface area (Å²) < 4.78 is 15.3. The Morgan fingerprint density at radius 1 is 1.35 bits per heavy atom. The molecule has 0 saturated carbocycles. The van der Waals surface area contributed by atoms with Crippen LogP contribution < -0.4 is 0 Å². The summed E-state index contributed by atoms with van der Waals surface area (Å²) in [5.74, 6) is -1.70. The molecule has 1 aliphatic rings. The van der Waals surface area contributed by atoms with Crippen molar-refractivity contribution in [2.24, 2.45) is 0 Å². The Labute approximate surface area is 134 Å². The third kappa shape index (κ3) is 6.65. The number of allylic oxidation sites excluding steroid dienone is 1. The first kappa shape index (κ1) is 18.9. The Morgan fingerprint density at radius 3 is 2.65 bits per heavy atom. The third-order valence-electron chi connectivity index (χ3n) is 3.11. The Hall–Kier alpha value is -2.15. The molecule has 0 bridgehead atoms. The van der Waals surface area contributed by atoms with Crippen molar-refractivity contribution in [1.29, 1.82) is 0 Å². The van der Waals surface area contributed by atoms with E-state index in [1.54, 1.807) is 13.8 Å². The summed E-state index contributed by atoms with van der Waals surface area (Å²) in [6, 6.07) is 0. The van der Waals surface area contributed by atoms with Gasteiger partial charge in [0.25, 0.3) is 0 Å². The molecule has 4 atom stereocenters. The first-order chi connectivity index (χ1) is 10.8. The van der Waals surface area contributed by atoms with Gasteiger partial charge in [-0.2, -0.15) is 0 Å². The lowest BCUT2D eigenvalue weighted by molar-refractivity contribution is -0.165. The number of aliphatic hydroxyl groups is 1. The van der Waals surface area contributed by atoms with Crippen molar-refractivity contribution in [2.75, 3.05) is 0 Å². The molecular formula is C16H22O7. The highest BCUT2D eigenvalue weighted by Crippen LogP contribution is 2.18. The summed E-state index contributed by atoms with van der Waals surface area (Å²) in [5.41, 5.74) is 0. The molecule has 0 spiro atoms. The van der Waals surface area contributed by atoms with E-state index in [1.807, 2.05) is 0 Å². The van der Waals surface area contributed by atoms with Crippen LogP contribution in [-0.2, 0) is 28.6 Å². The largest absolute Gasteiger partial charge is 0.460 e. The van der Waals surface area contributed by atoms with E-state index in [0.717, 1.165) is 0 Å². The molecule has 7 nitrogen and oxygen atoms in total. The summed E-state index contributed by atoms with van der Waals surface area (Å²) in [7, 11) is 0. The van der Waals surface area contributed by atoms with Crippen LogP contribution in [-0.4, -0.2) is 47.4 Å². The van der Waals surface area contributed by atoms with Crippen molar-refractivity contribution in [3.8, 4) is 0 Å². The molecule has 0 aromatic rings. The zero-order chi connectivity index (χ0) is 17.4. The number of aliphatic hydroxyl groups excluding tert-OH is 1. The van der Waals surface area contributed by atoms with Crippen molar-refractivity contribution in [2.45, 2.75) is 58.0 Å². The number of hydrogen-bond donors (Lipinski definition) is 1. The van der Waals surface area contributed by atoms with Gasteiger partial charge in [0.1, 0.15) is 24.4 Å². The normalized spacial score (nSPS) is 29.0. The van der Waals surface area contributed by atoms with Crippen LogP contribution in [0.2, 0.25) is 0 Å². The van der Waals surface area contributed by atoms with Crippen LogP contribution in [0.4, 0.5) is 0 Å². The number of cyclic esters (lactones) is 1. The van der Waals surface area contributed by atoms with Crippen molar-refractivity contribution in [3.05, 3.63) is 24.3 Å². The molecule has 0 saturated heterocycles. The van der Waals surface area contributed by atoms with Crippen molar-refractivity contribution >= 4 is 17.9 Å². The molecule has 7 heteroatoms. The lowest BCUT2D eigenvalue weighted by Crippen LogP contribution is -2.42. The first-order valence-corrected chi connectivity index (χ1v) is 7.40. The average molecular weight is 326 g/mol. The van der Waals surface area contributed by atoms with Crippen molar-refractivity contribution < 1.29 is 33.7 Å². The molecular weight excluding hydrogens is 304 g/mol. The van der Waals surface area contributed by atoms with E-state index >= 15 is 0 Å². The first-order valence-electron chi connectivity index (χ1n) is 7.40. The Bertz CT molecular complexity index is 495. The molecule has 1 heterocycles. The van der Waals surface area contributed by atoms with Crippen LogP contribution in [0.1, 0.15) is 33.6 Å². The van der Waals surface area contributed by atoms with E-state index in [2.05, 4.69) is 0 Å². The fourth-order valence-electron chi connectivity index (χ4n) is 2.09. The standard InChI is InChI=1S/C16H22O7/c1-4-5-14(18)23-13-7-6-10(2)21-15(19)9-8-12(16(13)20)22-11(3)17/h4-7,10,12-13,16,20H,8-9H2,1-3H3. The number of rotatable bonds is 3. The Balaban J connectivity index is 3.01. The van der Waals surface area contributed by atoms with E-state index in [1.165, 1.54) is 31.2 Å². The van der Waals surface area contributed by atoms with Gasteiger partial charge in [-0.1, -0.05) is 6.08 Å². The molecule has 4 unspecified atom stereocenters. The Morgan fingerprint density at radius 2 is 2.04 bits per heavy atom. The summed E-state index contributed by atoms with van der Waals surface area (Å²) in [6.07, 6.45) is 1.86. The van der Waals surface area contributed by atoms with Crippen LogP contribution in [0.3, 0.4) is 0 Å². The van der Waals surface area contributed by atoms with Gasteiger partial charge in [0.2, 0.25) is 0 Å². The highest BCUT2D eigenvalue weighted by atomic mass is 16.6. The second kappa shape index (κ2) is 9.09. The monoisotopic (exact) mass is 326 g/mol. The summed E-state index contributed by atoms with van der Waals surface area (Å²) >= 11 is 0. The van der Waals surface area contributed by atoms with Gasteiger partial charge in [0, 0.05) is 19.4 Å². The van der Waals surface area contributed by atoms with E-state index in [9.17, 15) is 19.5 Å². The highest BCUT2D eigenvalue weighted by Gasteiger charge is 2.32. The van der Waals surface area contributed by atoms with Crippen LogP contribution in [0.5, 0.6) is 0 Å². The molecule has 0 aromatic carbocycles. The van der Waals surface area contributed by atoms with Crippen LogP contribution in [0, 0.1) is 0 Å². The van der Waals surface area contributed by atoms with E-state index in [0.29, 0.717) is 0 Å². The van der Waals surface area contributed by atoms with E-state index in [-0.39, 0.29) is 12.8 Å². The zero-order valence-corrected chi connectivity index (χ0v) is 13.4. The van der Waals surface area contributed by atoms with Gasteiger partial charge in [-0.05, 0) is 32.4 Å². The molecule has 0 fully saturated rings. The van der Waals surface area contributed by atoms with Crippen molar-refractivity contribution in [1.82, 2.24) is 0 Å². The molecule has 0 amide bonds. The maximum absolute atomic E-state index is 11.6. The number of carbonyl (C=O) groups excluding carboxylic acids is 3. The fraction of sp³-hybridized carbons (Fsp3) is 0.562. The van der Waals surface area contributed by atoms with Gasteiger partial charge in [-0.15, -0.1) is 0 Å². The van der Waals surface area contributed by atoms with Gasteiger partial charge in [0.05, 0.1) is 0 Å². The molecule has 0 aliphatic carbocycles. The van der Waals surface area contributed by atoms with Gasteiger partial charge >= 0.3 is 17.9 Å². The molecule has 1 N–H and O–H groups in total. The SMILES string of the molecule is CC=CC(=O)OC1C=CC(C)OC(=O)CCC(OC(C)=O)C1O. The van der Waals surface area contributed by atoms with Crippen LogP contribution in [0.25, 0.3) is 0 Å². The fourth-order valence-corrected chi connectivity index (χ4v) is 2.09. The zero-order valence-electron chi connectivity index (χ0n) is 13.4. The average Bonchev–Trinajstić information content (AvgIpc) is 2.46. The summed E-state index contributed by atoms with van der Waals surface area (Å²) in [6.45, 7) is 4.50. The van der Waals surface area contributed by atoms with Gasteiger partial charge in [0.15, 0.2) is 0 Å². The van der Waals surface area contributed by atoms with Crippen LogP contribution in [0.15, 0.2) is 24.3 Å². The Kier molecular flexibility index (Phi) is 7.47. The van der Waals surface area contributed by atoms with Gasteiger partial charge in [-0.25, -0.2) is 4.79 Å².